The molecule has 9 nitrogen and oxygen atoms in total. The van der Waals surface area contributed by atoms with Gasteiger partial charge in [0.15, 0.2) is 11.5 Å². The van der Waals surface area contributed by atoms with Gasteiger partial charge in [0.25, 0.3) is 0 Å². The highest BCUT2D eigenvalue weighted by atomic mass is 19.1. The van der Waals surface area contributed by atoms with E-state index >= 15 is 0 Å². The molecule has 1 aromatic carbocycles. The molecule has 152 valence electrons. The van der Waals surface area contributed by atoms with Crippen LogP contribution in [0, 0.1) is 17.1 Å². The number of anilines is 3. The van der Waals surface area contributed by atoms with Crippen LogP contribution in [0.15, 0.2) is 42.7 Å². The maximum atomic E-state index is 13.3. The van der Waals surface area contributed by atoms with Gasteiger partial charge < -0.3 is 20.7 Å². The summed E-state index contributed by atoms with van der Waals surface area (Å²) in [6.07, 6.45) is 2.84. The monoisotopic (exact) mass is 406 g/mol. The van der Waals surface area contributed by atoms with E-state index < -0.39 is 0 Å². The maximum Gasteiger partial charge on any atom is 0.158 e. The minimum atomic E-state index is -0.319. The number of benzene rings is 1. The molecule has 0 amide bonds. The Kier molecular flexibility index (Phi) is 6.03. The van der Waals surface area contributed by atoms with Gasteiger partial charge in [-0.2, -0.15) is 5.26 Å². The number of nitrogens with one attached hydrogen (secondary N) is 3. The second-order valence-electron chi connectivity index (χ2n) is 6.60. The van der Waals surface area contributed by atoms with Gasteiger partial charge in [0.1, 0.15) is 23.4 Å². The lowest BCUT2D eigenvalue weighted by molar-refractivity contribution is 0.0372. The molecule has 3 aromatic rings. The summed E-state index contributed by atoms with van der Waals surface area (Å²) in [7, 11) is 0. The molecule has 1 saturated heterocycles. The molecule has 2 aromatic heterocycles. The van der Waals surface area contributed by atoms with Gasteiger partial charge in [-0.3, -0.25) is 0 Å². The predicted molar refractivity (Wildman–Crippen MR) is 109 cm³/mol. The molecule has 1 fully saturated rings. The largest absolute Gasteiger partial charge is 0.380 e. The van der Waals surface area contributed by atoms with E-state index in [0.29, 0.717) is 30.5 Å². The Bertz CT molecular complexity index is 1030. The summed E-state index contributed by atoms with van der Waals surface area (Å²) < 4.78 is 19.1. The van der Waals surface area contributed by atoms with Gasteiger partial charge in [0.05, 0.1) is 30.8 Å². The first-order chi connectivity index (χ1) is 14.7. The van der Waals surface area contributed by atoms with E-state index in [1.807, 2.05) is 6.07 Å². The fourth-order valence-corrected chi connectivity index (χ4v) is 2.96. The fourth-order valence-electron chi connectivity index (χ4n) is 2.96. The zero-order chi connectivity index (χ0) is 20.8. The Hall–Kier alpha value is -3.68. The molecule has 10 heteroatoms. The highest BCUT2D eigenvalue weighted by Crippen LogP contribution is 2.28. The quantitative estimate of drug-likeness (QED) is 0.565. The average Bonchev–Trinajstić information content (AvgIpc) is 2.80. The third-order valence-corrected chi connectivity index (χ3v) is 4.46. The van der Waals surface area contributed by atoms with Crippen molar-refractivity contribution in [2.45, 2.75) is 6.10 Å². The number of halogens is 1. The zero-order valence-corrected chi connectivity index (χ0v) is 16.0. The maximum absolute atomic E-state index is 13.3. The van der Waals surface area contributed by atoms with Gasteiger partial charge in [-0.15, -0.1) is 10.2 Å². The smallest absolute Gasteiger partial charge is 0.158 e. The minimum Gasteiger partial charge on any atom is -0.380 e. The first-order valence-corrected chi connectivity index (χ1v) is 9.40. The van der Waals surface area contributed by atoms with Crippen molar-refractivity contribution >= 4 is 17.3 Å². The van der Waals surface area contributed by atoms with Gasteiger partial charge in [0.2, 0.25) is 0 Å². The van der Waals surface area contributed by atoms with Crippen LogP contribution in [0.3, 0.4) is 0 Å². The van der Waals surface area contributed by atoms with Crippen molar-refractivity contribution in [2.24, 2.45) is 0 Å². The van der Waals surface area contributed by atoms with Crippen molar-refractivity contribution in [1.29, 1.82) is 5.26 Å². The number of morpholine rings is 1. The lowest BCUT2D eigenvalue weighted by Crippen LogP contribution is -2.42. The second-order valence-corrected chi connectivity index (χ2v) is 6.60. The number of nitriles is 1. The van der Waals surface area contributed by atoms with Gasteiger partial charge >= 0.3 is 0 Å². The van der Waals surface area contributed by atoms with Crippen LogP contribution in [-0.4, -0.2) is 52.5 Å². The van der Waals surface area contributed by atoms with Crippen LogP contribution in [0.2, 0.25) is 0 Å². The molecule has 1 aliphatic rings. The van der Waals surface area contributed by atoms with Crippen LogP contribution in [-0.2, 0) is 4.74 Å². The number of rotatable bonds is 6. The summed E-state index contributed by atoms with van der Waals surface area (Å²) in [5.74, 6) is 0.564. The van der Waals surface area contributed by atoms with Gasteiger partial charge in [-0.05, 0) is 24.3 Å². The van der Waals surface area contributed by atoms with Crippen molar-refractivity contribution in [3.05, 3.63) is 54.2 Å². The molecular formula is C20H19FN8O. The molecule has 1 aliphatic heterocycles. The highest BCUT2D eigenvalue weighted by molar-refractivity contribution is 5.76. The fraction of sp³-hybridized carbons (Fsp3) is 0.250. The van der Waals surface area contributed by atoms with E-state index in [0.717, 1.165) is 24.3 Å². The van der Waals surface area contributed by atoms with Crippen molar-refractivity contribution in [2.75, 3.05) is 36.9 Å². The topological polar surface area (TPSA) is 121 Å². The lowest BCUT2D eigenvalue weighted by Gasteiger charge is -2.24. The second kappa shape index (κ2) is 9.21. The average molecular weight is 406 g/mol. The number of nitrogens with zero attached hydrogens (tertiary/aromatic N) is 5. The summed E-state index contributed by atoms with van der Waals surface area (Å²) in [5.41, 5.74) is 2.27. The molecule has 3 N–H and O–H groups in total. The standard InChI is InChI=1S/C20H19FN8O/c21-14-3-1-13(2-4-14)20-17(25-11-16-10-23-5-6-30-16)7-18(28-29-20)27-19-12-24-15(8-22)9-26-19/h1-4,7,9,12,16,23H,5-6,10-11H2,(H2,25,26,27,28)/t16-/m1/s1. The molecule has 0 radical (unpaired) electrons. The van der Waals surface area contributed by atoms with Crippen LogP contribution >= 0.6 is 0 Å². The first-order valence-electron chi connectivity index (χ1n) is 9.40. The molecule has 30 heavy (non-hydrogen) atoms. The summed E-state index contributed by atoms with van der Waals surface area (Å²) >= 11 is 0. The predicted octanol–water partition coefficient (Wildman–Crippen LogP) is 2.09. The Morgan fingerprint density at radius 3 is 2.73 bits per heavy atom. The van der Waals surface area contributed by atoms with Gasteiger partial charge in [0, 0.05) is 31.3 Å². The van der Waals surface area contributed by atoms with Crippen molar-refractivity contribution in [3.63, 3.8) is 0 Å². The lowest BCUT2D eigenvalue weighted by atomic mass is 10.1. The molecular weight excluding hydrogens is 387 g/mol. The van der Waals surface area contributed by atoms with Crippen LogP contribution in [0.4, 0.5) is 21.7 Å². The number of aromatic nitrogens is 4. The molecule has 0 spiro atoms. The van der Waals surface area contributed by atoms with E-state index in [1.165, 1.54) is 24.5 Å². The zero-order valence-electron chi connectivity index (χ0n) is 16.0. The van der Waals surface area contributed by atoms with E-state index in [4.69, 9.17) is 10.00 Å². The van der Waals surface area contributed by atoms with Crippen molar-refractivity contribution in [1.82, 2.24) is 25.5 Å². The third-order valence-electron chi connectivity index (χ3n) is 4.46. The summed E-state index contributed by atoms with van der Waals surface area (Å²) in [5, 5.41) is 27.0. The molecule has 3 heterocycles. The van der Waals surface area contributed by atoms with Gasteiger partial charge in [-0.1, -0.05) is 0 Å². The summed E-state index contributed by atoms with van der Waals surface area (Å²) in [6, 6.07) is 9.79. The van der Waals surface area contributed by atoms with E-state index in [2.05, 4.69) is 36.1 Å². The summed E-state index contributed by atoms with van der Waals surface area (Å²) in [6.45, 7) is 2.83. The normalized spacial score (nSPS) is 15.9. The minimum absolute atomic E-state index is 0.0220. The van der Waals surface area contributed by atoms with Crippen LogP contribution in [0.5, 0.6) is 0 Å². The summed E-state index contributed by atoms with van der Waals surface area (Å²) in [4.78, 5) is 8.11. The molecule has 0 unspecified atom stereocenters. The van der Waals surface area contributed by atoms with E-state index in [-0.39, 0.29) is 17.6 Å². The third kappa shape index (κ3) is 4.83. The molecule has 1 atom stereocenters. The van der Waals surface area contributed by atoms with Crippen LogP contribution < -0.4 is 16.0 Å². The van der Waals surface area contributed by atoms with Crippen molar-refractivity contribution in [3.8, 4) is 17.3 Å². The number of ether oxygens (including phenoxy) is 1. The number of hydrogen-bond acceptors (Lipinski definition) is 9. The molecule has 0 aliphatic carbocycles. The molecule has 0 bridgehead atoms. The molecule has 0 saturated carbocycles. The van der Waals surface area contributed by atoms with Crippen LogP contribution in [0.1, 0.15) is 5.69 Å². The first kappa shape index (κ1) is 19.6. The highest BCUT2D eigenvalue weighted by Gasteiger charge is 2.16. The van der Waals surface area contributed by atoms with Crippen molar-refractivity contribution < 1.29 is 9.13 Å². The SMILES string of the molecule is N#Cc1cnc(Nc2cc(NC[C@H]3CNCCO3)c(-c3ccc(F)cc3)nn2)cn1. The van der Waals surface area contributed by atoms with Crippen LogP contribution in [0.25, 0.3) is 11.3 Å². The van der Waals surface area contributed by atoms with Gasteiger partial charge in [-0.25, -0.2) is 14.4 Å². The molecule has 4 rings (SSSR count). The Labute approximate surface area is 172 Å². The number of hydrogen-bond donors (Lipinski definition) is 3. The Morgan fingerprint density at radius 2 is 2.03 bits per heavy atom. The Morgan fingerprint density at radius 1 is 1.17 bits per heavy atom. The van der Waals surface area contributed by atoms with E-state index in [9.17, 15) is 4.39 Å². The Balaban J connectivity index is 1.58. The van der Waals surface area contributed by atoms with E-state index in [1.54, 1.807) is 18.2 Å².